The second kappa shape index (κ2) is 7.86. The average Bonchev–Trinajstić information content (AvgIpc) is 2.61. The molecule has 2 aromatic carbocycles. The van der Waals surface area contributed by atoms with E-state index < -0.39 is 6.10 Å². The molecule has 138 valence electrons. The van der Waals surface area contributed by atoms with Gasteiger partial charge >= 0.3 is 0 Å². The summed E-state index contributed by atoms with van der Waals surface area (Å²) in [6.45, 7) is 4.35. The fraction of sp³-hybridized carbons (Fsp3) is 0.368. The van der Waals surface area contributed by atoms with Crippen LogP contribution in [0.1, 0.15) is 0 Å². The standard InChI is InChI=1S/C19H20Br2N2O3/c20-13-1-3-16-18(9-13)26-19-10-14(21)2-4-17(19)23(16)12-15(24)11-22-5-7-25-8-6-22/h1-4,9-10,15,24H,5-8,11-12H2. The zero-order valence-corrected chi connectivity index (χ0v) is 17.4. The first kappa shape index (κ1) is 18.3. The van der Waals surface area contributed by atoms with E-state index >= 15 is 0 Å². The van der Waals surface area contributed by atoms with Crippen molar-refractivity contribution in [3.63, 3.8) is 0 Å². The minimum Gasteiger partial charge on any atom is -0.453 e. The number of ether oxygens (including phenoxy) is 2. The van der Waals surface area contributed by atoms with E-state index in [1.165, 1.54) is 0 Å². The van der Waals surface area contributed by atoms with Gasteiger partial charge in [0.25, 0.3) is 0 Å². The summed E-state index contributed by atoms with van der Waals surface area (Å²) in [5.41, 5.74) is 1.92. The number of rotatable bonds is 4. The lowest BCUT2D eigenvalue weighted by atomic mass is 10.1. The molecule has 7 heteroatoms. The van der Waals surface area contributed by atoms with Crippen molar-refractivity contribution in [2.75, 3.05) is 44.3 Å². The van der Waals surface area contributed by atoms with Gasteiger partial charge in [-0.1, -0.05) is 31.9 Å². The molecule has 0 radical (unpaired) electrons. The zero-order chi connectivity index (χ0) is 18.1. The van der Waals surface area contributed by atoms with E-state index in [9.17, 15) is 5.11 Å². The lowest BCUT2D eigenvalue weighted by Gasteiger charge is -2.36. The van der Waals surface area contributed by atoms with Crippen molar-refractivity contribution in [3.8, 4) is 11.5 Å². The Kier molecular flexibility index (Phi) is 5.52. The SMILES string of the molecule is OC(CN1CCOCC1)CN1c2ccc(Br)cc2Oc2cc(Br)ccc21. The first-order valence-corrected chi connectivity index (χ1v) is 10.2. The molecule has 1 unspecified atom stereocenters. The van der Waals surface area contributed by atoms with Gasteiger partial charge in [0, 0.05) is 28.6 Å². The van der Waals surface area contributed by atoms with Crippen molar-refractivity contribution in [3.05, 3.63) is 45.3 Å². The van der Waals surface area contributed by atoms with Crippen LogP contribution in [-0.4, -0.2) is 55.5 Å². The number of fused-ring (bicyclic) bond motifs is 2. The lowest BCUT2D eigenvalue weighted by Crippen LogP contribution is -2.44. The maximum atomic E-state index is 10.7. The van der Waals surface area contributed by atoms with Crippen molar-refractivity contribution >= 4 is 43.2 Å². The summed E-state index contributed by atoms with van der Waals surface area (Å²) in [5.74, 6) is 1.56. The molecule has 0 aromatic heterocycles. The van der Waals surface area contributed by atoms with E-state index in [0.717, 1.165) is 58.1 Å². The molecule has 1 saturated heterocycles. The highest BCUT2D eigenvalue weighted by molar-refractivity contribution is 9.10. The molecule has 1 N–H and O–H groups in total. The van der Waals surface area contributed by atoms with Crippen molar-refractivity contribution in [2.24, 2.45) is 0 Å². The van der Waals surface area contributed by atoms with Crippen LogP contribution < -0.4 is 9.64 Å². The second-order valence-electron chi connectivity index (χ2n) is 6.50. The molecule has 2 aliphatic heterocycles. The fourth-order valence-electron chi connectivity index (χ4n) is 3.38. The largest absolute Gasteiger partial charge is 0.453 e. The highest BCUT2D eigenvalue weighted by atomic mass is 79.9. The molecule has 2 aromatic rings. The van der Waals surface area contributed by atoms with Gasteiger partial charge in [-0.25, -0.2) is 0 Å². The Morgan fingerprint density at radius 3 is 2.08 bits per heavy atom. The number of nitrogens with zero attached hydrogens (tertiary/aromatic N) is 2. The first-order chi connectivity index (χ1) is 12.6. The van der Waals surface area contributed by atoms with E-state index in [1.807, 2.05) is 36.4 Å². The minimum atomic E-state index is -0.473. The predicted molar refractivity (Wildman–Crippen MR) is 109 cm³/mol. The molecule has 26 heavy (non-hydrogen) atoms. The highest BCUT2D eigenvalue weighted by Crippen LogP contribution is 2.48. The maximum absolute atomic E-state index is 10.7. The van der Waals surface area contributed by atoms with Crippen LogP contribution in [-0.2, 0) is 4.74 Å². The van der Waals surface area contributed by atoms with Crippen molar-refractivity contribution < 1.29 is 14.6 Å². The third-order valence-corrected chi connectivity index (χ3v) is 5.60. The van der Waals surface area contributed by atoms with Gasteiger partial charge in [-0.15, -0.1) is 0 Å². The number of benzene rings is 2. The number of hydrogen-bond acceptors (Lipinski definition) is 5. The number of hydrogen-bond donors (Lipinski definition) is 1. The molecule has 1 fully saturated rings. The second-order valence-corrected chi connectivity index (χ2v) is 8.33. The maximum Gasteiger partial charge on any atom is 0.152 e. The Hall–Kier alpha value is -1.12. The number of β-amino-alcohol motifs (C(OH)–C–C–N with tert-alkyl or cyclic N) is 1. The molecule has 5 nitrogen and oxygen atoms in total. The summed E-state index contributed by atoms with van der Waals surface area (Å²) < 4.78 is 13.4. The Bertz CT molecular complexity index is 745. The summed E-state index contributed by atoms with van der Waals surface area (Å²) in [5, 5.41) is 10.7. The van der Waals surface area contributed by atoms with Crippen LogP contribution in [0, 0.1) is 0 Å². The molecule has 4 rings (SSSR count). The first-order valence-electron chi connectivity index (χ1n) is 8.63. The number of aliphatic hydroxyl groups excluding tert-OH is 1. The molecular formula is C19H20Br2N2O3. The van der Waals surface area contributed by atoms with E-state index in [0.29, 0.717) is 13.1 Å². The highest BCUT2D eigenvalue weighted by Gasteiger charge is 2.27. The molecule has 0 aliphatic carbocycles. The molecule has 0 amide bonds. The van der Waals surface area contributed by atoms with Gasteiger partial charge in [-0.2, -0.15) is 0 Å². The van der Waals surface area contributed by atoms with Gasteiger partial charge in [-0.05, 0) is 36.4 Å². The third kappa shape index (κ3) is 3.92. The Morgan fingerprint density at radius 1 is 0.923 bits per heavy atom. The van der Waals surface area contributed by atoms with Gasteiger partial charge in [0.2, 0.25) is 0 Å². The van der Waals surface area contributed by atoms with Gasteiger partial charge < -0.3 is 19.5 Å². The summed E-state index contributed by atoms with van der Waals surface area (Å²) in [6.07, 6.45) is -0.473. The van der Waals surface area contributed by atoms with Crippen LogP contribution in [0.4, 0.5) is 11.4 Å². The summed E-state index contributed by atoms with van der Waals surface area (Å²) in [4.78, 5) is 4.39. The van der Waals surface area contributed by atoms with Crippen LogP contribution in [0.2, 0.25) is 0 Å². The predicted octanol–water partition coefficient (Wildman–Crippen LogP) is 4.15. The molecular weight excluding hydrogens is 464 g/mol. The van der Waals surface area contributed by atoms with Crippen LogP contribution in [0.3, 0.4) is 0 Å². The molecule has 0 saturated carbocycles. The van der Waals surface area contributed by atoms with Crippen molar-refractivity contribution in [2.45, 2.75) is 6.10 Å². The van der Waals surface area contributed by atoms with Crippen molar-refractivity contribution in [1.29, 1.82) is 0 Å². The Labute approximate surface area is 169 Å². The normalized spacial score (nSPS) is 18.0. The van der Waals surface area contributed by atoms with Crippen LogP contribution in [0.25, 0.3) is 0 Å². The van der Waals surface area contributed by atoms with E-state index in [4.69, 9.17) is 9.47 Å². The number of halogens is 2. The van der Waals surface area contributed by atoms with E-state index in [1.54, 1.807) is 0 Å². The smallest absolute Gasteiger partial charge is 0.152 e. The topological polar surface area (TPSA) is 45.2 Å². The zero-order valence-electron chi connectivity index (χ0n) is 14.2. The van der Waals surface area contributed by atoms with Crippen LogP contribution >= 0.6 is 31.9 Å². The van der Waals surface area contributed by atoms with E-state index in [-0.39, 0.29) is 0 Å². The average molecular weight is 484 g/mol. The minimum absolute atomic E-state index is 0.473. The summed E-state index contributed by atoms with van der Waals surface area (Å²) in [6, 6.07) is 11.9. The van der Waals surface area contributed by atoms with Crippen LogP contribution in [0.5, 0.6) is 11.5 Å². The van der Waals surface area contributed by atoms with Gasteiger partial charge in [0.05, 0.1) is 37.2 Å². The lowest BCUT2D eigenvalue weighted by molar-refractivity contribution is 0.0164. The summed E-state index contributed by atoms with van der Waals surface area (Å²) >= 11 is 7.01. The molecule has 2 aliphatic rings. The number of aliphatic hydroxyl groups is 1. The monoisotopic (exact) mass is 482 g/mol. The molecule has 2 heterocycles. The quantitative estimate of drug-likeness (QED) is 0.707. The van der Waals surface area contributed by atoms with Gasteiger partial charge in [0.1, 0.15) is 0 Å². The molecule has 0 bridgehead atoms. The summed E-state index contributed by atoms with van der Waals surface area (Å²) in [7, 11) is 0. The fourth-order valence-corrected chi connectivity index (χ4v) is 4.06. The van der Waals surface area contributed by atoms with Crippen molar-refractivity contribution in [1.82, 2.24) is 4.90 Å². The van der Waals surface area contributed by atoms with Gasteiger partial charge in [-0.3, -0.25) is 4.90 Å². The number of morpholine rings is 1. The van der Waals surface area contributed by atoms with Gasteiger partial charge in [0.15, 0.2) is 11.5 Å². The molecule has 0 spiro atoms. The Balaban J connectivity index is 1.60. The van der Waals surface area contributed by atoms with E-state index in [2.05, 4.69) is 41.7 Å². The van der Waals surface area contributed by atoms with Crippen LogP contribution in [0.15, 0.2) is 45.3 Å². The number of anilines is 2. The Morgan fingerprint density at radius 2 is 1.50 bits per heavy atom. The molecule has 1 atom stereocenters. The third-order valence-electron chi connectivity index (χ3n) is 4.61.